The van der Waals surface area contributed by atoms with Crippen molar-refractivity contribution in [1.29, 1.82) is 0 Å². The molecule has 4 heteroatoms. The molecule has 0 amide bonds. The average molecular weight is 305 g/mol. The Morgan fingerprint density at radius 2 is 2.11 bits per heavy atom. The normalized spacial score (nSPS) is 10.3. The van der Waals surface area contributed by atoms with Crippen LogP contribution in [-0.2, 0) is 6.42 Å². The third-order valence-corrected chi connectivity index (χ3v) is 3.15. The summed E-state index contributed by atoms with van der Waals surface area (Å²) in [4.78, 5) is 16.1. The number of aryl methyl sites for hydroxylation is 1. The fourth-order valence-electron chi connectivity index (χ4n) is 1.69. The highest BCUT2D eigenvalue weighted by atomic mass is 79.9. The fourth-order valence-corrected chi connectivity index (χ4v) is 2.10. The van der Waals surface area contributed by atoms with Crippen molar-refractivity contribution >= 4 is 27.4 Å². The minimum Gasteiger partial charge on any atom is -0.399 e. The summed E-state index contributed by atoms with van der Waals surface area (Å²) in [6, 6.07) is 7.25. The number of nitrogens with zero attached hydrogens (tertiary/aromatic N) is 1. The number of carbonyl (C=O) groups is 1. The molecule has 0 fully saturated rings. The summed E-state index contributed by atoms with van der Waals surface area (Å²) in [7, 11) is 0. The van der Waals surface area contributed by atoms with E-state index in [1.54, 1.807) is 24.5 Å². The highest BCUT2D eigenvalue weighted by molar-refractivity contribution is 9.10. The van der Waals surface area contributed by atoms with E-state index in [0.29, 0.717) is 17.7 Å². The topological polar surface area (TPSA) is 56.0 Å². The van der Waals surface area contributed by atoms with E-state index in [1.807, 2.05) is 19.1 Å². The molecule has 0 saturated carbocycles. The van der Waals surface area contributed by atoms with Crippen molar-refractivity contribution in [2.75, 3.05) is 5.73 Å². The molecule has 2 N–H and O–H groups in total. The van der Waals surface area contributed by atoms with Crippen molar-refractivity contribution in [3.05, 3.63) is 57.8 Å². The number of pyridine rings is 1. The first kappa shape index (κ1) is 12.8. The van der Waals surface area contributed by atoms with Gasteiger partial charge in [0.15, 0.2) is 5.78 Å². The molecule has 3 nitrogen and oxygen atoms in total. The molecule has 0 unspecified atom stereocenters. The fraction of sp³-hybridized carbons (Fsp3) is 0.143. The number of nitrogen functional groups attached to an aromatic ring is 1. The van der Waals surface area contributed by atoms with E-state index in [-0.39, 0.29) is 5.78 Å². The Hall–Kier alpha value is -1.68. The molecule has 92 valence electrons. The molecule has 1 heterocycles. The van der Waals surface area contributed by atoms with Crippen LogP contribution in [0.2, 0.25) is 0 Å². The van der Waals surface area contributed by atoms with Gasteiger partial charge in [-0.2, -0.15) is 0 Å². The number of ketones is 1. The molecule has 0 aliphatic heterocycles. The Morgan fingerprint density at radius 1 is 1.33 bits per heavy atom. The molecule has 0 atom stereocenters. The molecular weight excluding hydrogens is 292 g/mol. The maximum Gasteiger partial charge on any atom is 0.167 e. The van der Waals surface area contributed by atoms with Gasteiger partial charge in [0.1, 0.15) is 0 Å². The van der Waals surface area contributed by atoms with Gasteiger partial charge in [0, 0.05) is 34.5 Å². The number of halogens is 1. The molecule has 0 aliphatic carbocycles. The van der Waals surface area contributed by atoms with Crippen LogP contribution >= 0.6 is 15.9 Å². The van der Waals surface area contributed by atoms with Crippen molar-refractivity contribution in [3.8, 4) is 0 Å². The Labute approximate surface area is 114 Å². The van der Waals surface area contributed by atoms with Crippen molar-refractivity contribution in [1.82, 2.24) is 4.98 Å². The number of hydrogen-bond donors (Lipinski definition) is 1. The van der Waals surface area contributed by atoms with E-state index in [1.165, 1.54) is 0 Å². The second-order valence-corrected chi connectivity index (χ2v) is 5.10. The summed E-state index contributed by atoms with van der Waals surface area (Å²) in [6.07, 6.45) is 3.74. The quantitative estimate of drug-likeness (QED) is 0.700. The van der Waals surface area contributed by atoms with Crippen LogP contribution in [0.4, 0.5) is 5.69 Å². The molecular formula is C14H13BrN2O. The standard InChI is InChI=1S/C14H13BrN2O/c1-9-4-11(2-3-13(9)16)14(18)6-10-5-12(15)8-17-7-10/h2-5,7-8H,6,16H2,1H3. The van der Waals surface area contributed by atoms with Gasteiger partial charge in [-0.15, -0.1) is 0 Å². The van der Waals surface area contributed by atoms with Crippen molar-refractivity contribution < 1.29 is 4.79 Å². The van der Waals surface area contributed by atoms with Gasteiger partial charge < -0.3 is 5.73 Å². The number of Topliss-reactive ketones (excluding diaryl/α,β-unsaturated/α-hetero) is 1. The Morgan fingerprint density at radius 3 is 2.78 bits per heavy atom. The van der Waals surface area contributed by atoms with Gasteiger partial charge >= 0.3 is 0 Å². The minimum absolute atomic E-state index is 0.0676. The number of rotatable bonds is 3. The first-order valence-electron chi connectivity index (χ1n) is 5.55. The number of carbonyl (C=O) groups excluding carboxylic acids is 1. The first-order chi connectivity index (χ1) is 8.56. The van der Waals surface area contributed by atoms with Gasteiger partial charge in [-0.3, -0.25) is 9.78 Å². The summed E-state index contributed by atoms with van der Waals surface area (Å²) in [5, 5.41) is 0. The van der Waals surface area contributed by atoms with Crippen molar-refractivity contribution in [2.24, 2.45) is 0 Å². The Balaban J connectivity index is 2.19. The SMILES string of the molecule is Cc1cc(C(=O)Cc2cncc(Br)c2)ccc1N. The van der Waals surface area contributed by atoms with Crippen LogP contribution < -0.4 is 5.73 Å². The Kier molecular flexibility index (Phi) is 3.77. The van der Waals surface area contributed by atoms with Gasteiger partial charge in [0.25, 0.3) is 0 Å². The third-order valence-electron chi connectivity index (χ3n) is 2.72. The molecule has 18 heavy (non-hydrogen) atoms. The van der Waals surface area contributed by atoms with E-state index < -0.39 is 0 Å². The molecule has 2 rings (SSSR count). The van der Waals surface area contributed by atoms with Crippen LogP contribution in [0.3, 0.4) is 0 Å². The first-order valence-corrected chi connectivity index (χ1v) is 6.34. The minimum atomic E-state index is 0.0676. The zero-order valence-corrected chi connectivity index (χ0v) is 11.6. The maximum absolute atomic E-state index is 12.1. The smallest absolute Gasteiger partial charge is 0.167 e. The summed E-state index contributed by atoms with van der Waals surface area (Å²) in [5.41, 5.74) is 8.94. The maximum atomic E-state index is 12.1. The summed E-state index contributed by atoms with van der Waals surface area (Å²) >= 11 is 3.34. The largest absolute Gasteiger partial charge is 0.399 e. The second-order valence-electron chi connectivity index (χ2n) is 4.18. The lowest BCUT2D eigenvalue weighted by Gasteiger charge is -2.05. The molecule has 1 aromatic heterocycles. The molecule has 0 saturated heterocycles. The second kappa shape index (κ2) is 5.31. The summed E-state index contributed by atoms with van der Waals surface area (Å²) < 4.78 is 0.876. The van der Waals surface area contributed by atoms with E-state index in [4.69, 9.17) is 5.73 Å². The van der Waals surface area contributed by atoms with E-state index in [9.17, 15) is 4.79 Å². The number of nitrogens with two attached hydrogens (primary N) is 1. The molecule has 2 aromatic rings. The van der Waals surface area contributed by atoms with Crippen LogP contribution in [0.5, 0.6) is 0 Å². The van der Waals surface area contributed by atoms with Crippen LogP contribution in [0, 0.1) is 6.92 Å². The van der Waals surface area contributed by atoms with Crippen molar-refractivity contribution in [2.45, 2.75) is 13.3 Å². The van der Waals surface area contributed by atoms with Crippen LogP contribution in [0.25, 0.3) is 0 Å². The van der Waals surface area contributed by atoms with E-state index >= 15 is 0 Å². The summed E-state index contributed by atoms with van der Waals surface area (Å²) in [6.45, 7) is 1.90. The number of anilines is 1. The monoisotopic (exact) mass is 304 g/mol. The lowest BCUT2D eigenvalue weighted by atomic mass is 10.0. The lowest BCUT2D eigenvalue weighted by molar-refractivity contribution is 0.0993. The van der Waals surface area contributed by atoms with Gasteiger partial charge in [-0.25, -0.2) is 0 Å². The predicted octanol–water partition coefficient (Wildman–Crippen LogP) is 3.16. The number of benzene rings is 1. The predicted molar refractivity (Wildman–Crippen MR) is 75.6 cm³/mol. The zero-order valence-electron chi connectivity index (χ0n) is 9.98. The number of hydrogen-bond acceptors (Lipinski definition) is 3. The highest BCUT2D eigenvalue weighted by Gasteiger charge is 2.08. The van der Waals surface area contributed by atoms with E-state index in [0.717, 1.165) is 15.6 Å². The van der Waals surface area contributed by atoms with E-state index in [2.05, 4.69) is 20.9 Å². The Bertz CT molecular complexity index is 596. The van der Waals surface area contributed by atoms with Crippen LogP contribution in [-0.4, -0.2) is 10.8 Å². The van der Waals surface area contributed by atoms with Crippen LogP contribution in [0.1, 0.15) is 21.5 Å². The molecule has 0 radical (unpaired) electrons. The van der Waals surface area contributed by atoms with Gasteiger partial charge in [0.05, 0.1) is 0 Å². The average Bonchev–Trinajstić information content (AvgIpc) is 2.32. The molecule has 0 spiro atoms. The van der Waals surface area contributed by atoms with Crippen LogP contribution in [0.15, 0.2) is 41.1 Å². The van der Waals surface area contributed by atoms with Gasteiger partial charge in [-0.05, 0) is 58.2 Å². The lowest BCUT2D eigenvalue weighted by Crippen LogP contribution is -2.05. The van der Waals surface area contributed by atoms with Gasteiger partial charge in [-0.1, -0.05) is 0 Å². The molecule has 0 bridgehead atoms. The highest BCUT2D eigenvalue weighted by Crippen LogP contribution is 2.16. The van der Waals surface area contributed by atoms with Crippen molar-refractivity contribution in [3.63, 3.8) is 0 Å². The van der Waals surface area contributed by atoms with Gasteiger partial charge in [0.2, 0.25) is 0 Å². The number of aromatic nitrogens is 1. The third kappa shape index (κ3) is 2.96. The molecule has 0 aliphatic rings. The molecule has 1 aromatic carbocycles. The zero-order chi connectivity index (χ0) is 13.1. The summed E-state index contributed by atoms with van der Waals surface area (Å²) in [5.74, 6) is 0.0676.